The molecule has 0 amide bonds. The quantitative estimate of drug-likeness (QED) is 0.221. The highest BCUT2D eigenvalue weighted by Gasteiger charge is 2.70. The molecule has 4 heterocycles. The molecule has 5 aliphatic carbocycles. The van der Waals surface area contributed by atoms with Gasteiger partial charge in [-0.1, -0.05) is 34.6 Å². The lowest BCUT2D eigenvalue weighted by atomic mass is 9.43. The van der Waals surface area contributed by atoms with Crippen molar-refractivity contribution in [3.8, 4) is 0 Å². The zero-order chi connectivity index (χ0) is 33.1. The maximum absolute atomic E-state index is 11.9. The van der Waals surface area contributed by atoms with Gasteiger partial charge in [0, 0.05) is 24.7 Å². The molecule has 0 aromatic rings. The summed E-state index contributed by atoms with van der Waals surface area (Å²) in [6.45, 7) is 13.9. The van der Waals surface area contributed by atoms with Crippen LogP contribution in [-0.4, -0.2) is 52.4 Å². The predicted octanol–water partition coefficient (Wildman–Crippen LogP) is 7.71. The van der Waals surface area contributed by atoms with E-state index in [0.29, 0.717) is 47.3 Å². The number of fused-ring (bicyclic) bond motifs is 7. The lowest BCUT2D eigenvalue weighted by Crippen LogP contribution is -2.70. The highest BCUT2D eigenvalue weighted by molar-refractivity contribution is 5.66. The van der Waals surface area contributed by atoms with E-state index < -0.39 is 23.6 Å². The number of carbonyl (C=O) groups is 1. The molecule has 8 unspecified atom stereocenters. The number of hydrogen-bond donors (Lipinski definition) is 2. The van der Waals surface area contributed by atoms with Gasteiger partial charge in [0.1, 0.15) is 0 Å². The van der Waals surface area contributed by atoms with Crippen molar-refractivity contribution in [3.05, 3.63) is 0 Å². The van der Waals surface area contributed by atoms with E-state index in [0.717, 1.165) is 51.4 Å². The number of aliphatic carboxylic acids is 1. The van der Waals surface area contributed by atoms with Crippen molar-refractivity contribution in [3.63, 3.8) is 0 Å². The first-order valence-corrected chi connectivity index (χ1v) is 19.5. The number of aliphatic hydroxyl groups excluding tert-OH is 1. The second-order valence-electron chi connectivity index (χ2n) is 18.7. The molecule has 1 spiro atoms. The first-order chi connectivity index (χ1) is 22.3. The topological polar surface area (TPSA) is 104 Å². The molecule has 0 aromatic carbocycles. The van der Waals surface area contributed by atoms with Crippen LogP contribution in [0.3, 0.4) is 0 Å². The Hall–Kier alpha value is -0.770. The minimum Gasteiger partial charge on any atom is -0.481 e. The first kappa shape index (κ1) is 33.4. The largest absolute Gasteiger partial charge is 0.481 e. The molecule has 2 N–H and O–H groups in total. The Balaban J connectivity index is 0.961. The van der Waals surface area contributed by atoms with Crippen LogP contribution in [0.2, 0.25) is 0 Å². The molecule has 8 heteroatoms. The van der Waals surface area contributed by atoms with Crippen molar-refractivity contribution >= 4 is 5.97 Å². The van der Waals surface area contributed by atoms with Crippen LogP contribution < -0.4 is 0 Å². The number of ether oxygens (including phenoxy) is 3. The minimum atomic E-state index is -0.782. The van der Waals surface area contributed by atoms with Crippen LogP contribution in [0, 0.1) is 70.0 Å². The molecule has 266 valence electrons. The molecule has 9 fully saturated rings. The van der Waals surface area contributed by atoms with E-state index in [4.69, 9.17) is 24.0 Å². The zero-order valence-corrected chi connectivity index (χ0v) is 29.8. The number of carboxylic acids is 1. The summed E-state index contributed by atoms with van der Waals surface area (Å²) in [7, 11) is 0. The maximum atomic E-state index is 11.9. The number of aliphatic hydroxyl groups is 1. The van der Waals surface area contributed by atoms with Crippen LogP contribution >= 0.6 is 0 Å². The average molecular weight is 659 g/mol. The Morgan fingerprint density at radius 2 is 1.60 bits per heavy atom. The zero-order valence-electron chi connectivity index (χ0n) is 29.8. The van der Waals surface area contributed by atoms with E-state index >= 15 is 0 Å². The standard InChI is InChI=1S/C39H62O8/c1-21(8-12-32(41)42)26-10-11-29-33-30(14-17-37(26,29)5)36(4)16-13-25(19-24(36)20-31(33)40)43-34-23(3)28-9-7-22(2)27-15-18-38(6)45-35(44-34)39(27,28)47-46-38/h21-31,33-35,40H,7-20H2,1-6H3,(H,41,42)/t21-,22-,23-,24?,25-,26-,27?,28?,29?,30?,31-,33?,34?,35?,36+,37-,38+,39-/m1/s1. The van der Waals surface area contributed by atoms with Crippen LogP contribution in [0.25, 0.3) is 0 Å². The van der Waals surface area contributed by atoms with Gasteiger partial charge >= 0.3 is 5.97 Å². The predicted molar refractivity (Wildman–Crippen MR) is 174 cm³/mol. The van der Waals surface area contributed by atoms with Gasteiger partial charge in [0.05, 0.1) is 12.2 Å². The van der Waals surface area contributed by atoms with Crippen molar-refractivity contribution in [2.24, 2.45) is 70.0 Å². The Labute approximate surface area is 282 Å². The molecule has 47 heavy (non-hydrogen) atoms. The molecular formula is C39H62O8. The van der Waals surface area contributed by atoms with Crippen LogP contribution in [0.15, 0.2) is 0 Å². The molecule has 5 saturated carbocycles. The fraction of sp³-hybridized carbons (Fsp3) is 0.974. The third-order valence-electron chi connectivity index (χ3n) is 16.6. The average Bonchev–Trinajstić information content (AvgIpc) is 3.22. The number of carboxylic acid groups (broad SMARTS) is 1. The molecule has 9 aliphatic rings. The van der Waals surface area contributed by atoms with E-state index in [1.165, 1.54) is 32.1 Å². The molecule has 4 aliphatic heterocycles. The molecule has 2 bridgehead atoms. The third kappa shape index (κ3) is 4.98. The fourth-order valence-corrected chi connectivity index (χ4v) is 14.1. The summed E-state index contributed by atoms with van der Waals surface area (Å²) in [6.07, 6.45) is 12.9. The molecule has 0 aromatic heterocycles. The third-order valence-corrected chi connectivity index (χ3v) is 16.6. The van der Waals surface area contributed by atoms with E-state index in [-0.39, 0.29) is 47.6 Å². The van der Waals surface area contributed by atoms with E-state index in [9.17, 15) is 15.0 Å². The van der Waals surface area contributed by atoms with Gasteiger partial charge in [-0.15, -0.1) is 0 Å². The van der Waals surface area contributed by atoms with Gasteiger partial charge in [-0.05, 0) is 142 Å². The highest BCUT2D eigenvalue weighted by Crippen LogP contribution is 2.69. The Kier molecular flexibility index (Phi) is 8.26. The minimum absolute atomic E-state index is 0.118. The Morgan fingerprint density at radius 1 is 0.872 bits per heavy atom. The summed E-state index contributed by atoms with van der Waals surface area (Å²) in [6, 6.07) is 0. The molecule has 8 nitrogen and oxygen atoms in total. The fourth-order valence-electron chi connectivity index (χ4n) is 14.1. The Morgan fingerprint density at radius 3 is 2.38 bits per heavy atom. The number of rotatable bonds is 6. The van der Waals surface area contributed by atoms with Gasteiger partial charge in [-0.2, -0.15) is 0 Å². The van der Waals surface area contributed by atoms with Crippen molar-refractivity contribution in [2.45, 2.75) is 168 Å². The summed E-state index contributed by atoms with van der Waals surface area (Å²) < 4.78 is 20.4. The van der Waals surface area contributed by atoms with E-state index in [1.807, 2.05) is 6.92 Å². The lowest BCUT2D eigenvalue weighted by Gasteiger charge is -2.63. The van der Waals surface area contributed by atoms with Gasteiger partial charge in [0.15, 0.2) is 18.2 Å². The van der Waals surface area contributed by atoms with Gasteiger partial charge in [-0.3, -0.25) is 4.79 Å². The maximum Gasteiger partial charge on any atom is 0.303 e. The summed E-state index contributed by atoms with van der Waals surface area (Å²) in [5.74, 6) is 2.72. The Bertz CT molecular complexity index is 1210. The van der Waals surface area contributed by atoms with Crippen LogP contribution in [0.5, 0.6) is 0 Å². The van der Waals surface area contributed by atoms with E-state index in [1.54, 1.807) is 0 Å². The van der Waals surface area contributed by atoms with Gasteiger partial charge in [0.2, 0.25) is 5.79 Å². The lowest BCUT2D eigenvalue weighted by molar-refractivity contribution is -0.578. The summed E-state index contributed by atoms with van der Waals surface area (Å²) in [5.41, 5.74) is -0.142. The van der Waals surface area contributed by atoms with Crippen molar-refractivity contribution in [1.29, 1.82) is 0 Å². The summed E-state index contributed by atoms with van der Waals surface area (Å²) >= 11 is 0. The van der Waals surface area contributed by atoms with Crippen molar-refractivity contribution in [2.75, 3.05) is 0 Å². The van der Waals surface area contributed by atoms with Crippen LogP contribution in [0.4, 0.5) is 0 Å². The van der Waals surface area contributed by atoms with Gasteiger partial charge in [0.25, 0.3) is 0 Å². The highest BCUT2D eigenvalue weighted by atomic mass is 17.3. The SMILES string of the molecule is C[C@H]1C(O[C@@H]2CC[C@@]3(C)C(C2)C[C@@H](O)C2C3CC[C@@]3(C)C2CC[C@@H]3[C@H](C)CCC(=O)O)OC2O[C@]3(C)CCC4[C@H](C)CCC1[C@@]24OO3. The van der Waals surface area contributed by atoms with Crippen molar-refractivity contribution in [1.82, 2.24) is 0 Å². The molecule has 0 radical (unpaired) electrons. The van der Waals surface area contributed by atoms with Crippen LogP contribution in [-0.2, 0) is 28.8 Å². The molecule has 18 atom stereocenters. The summed E-state index contributed by atoms with van der Waals surface area (Å²) in [4.78, 5) is 23.7. The van der Waals surface area contributed by atoms with Crippen LogP contribution in [0.1, 0.15) is 131 Å². The normalized spacial score (nSPS) is 57.2. The van der Waals surface area contributed by atoms with E-state index in [2.05, 4.69) is 34.6 Å². The first-order valence-electron chi connectivity index (χ1n) is 19.5. The number of hydrogen-bond acceptors (Lipinski definition) is 7. The molecular weight excluding hydrogens is 596 g/mol. The van der Waals surface area contributed by atoms with Gasteiger partial charge in [-0.25, -0.2) is 9.78 Å². The second kappa shape index (κ2) is 11.6. The monoisotopic (exact) mass is 658 g/mol. The summed E-state index contributed by atoms with van der Waals surface area (Å²) in [5, 5.41) is 21.3. The van der Waals surface area contributed by atoms with Gasteiger partial charge < -0.3 is 24.4 Å². The smallest absolute Gasteiger partial charge is 0.303 e. The molecule has 4 saturated heterocycles. The molecule has 9 rings (SSSR count). The second-order valence-corrected chi connectivity index (χ2v) is 18.7. The van der Waals surface area contributed by atoms with Crippen molar-refractivity contribution < 1.29 is 39.0 Å².